The minimum Gasteiger partial charge on any atom is -0.475 e. The standard InChI is InChI=1S/C25H28F4N4O4/c1-16-10-20(26)21(30-24(35)33-3-2-17(15-33)14-25(27,28)29)13-19(16)18-11-22(32-4-7-36-8-5-32)31-23(12-18)37-9-6-34/h10-14,34H,2-9,15H2,1H3,(H,30,35)/b17-14+. The Bertz CT molecular complexity index is 1170. The molecule has 0 bridgehead atoms. The molecule has 2 saturated heterocycles. The molecule has 4 rings (SSSR count). The van der Waals surface area contributed by atoms with Crippen LogP contribution >= 0.6 is 0 Å². The zero-order valence-corrected chi connectivity index (χ0v) is 20.3. The van der Waals surface area contributed by atoms with Gasteiger partial charge in [-0.2, -0.15) is 18.2 Å². The number of aliphatic hydroxyl groups is 1. The summed E-state index contributed by atoms with van der Waals surface area (Å²) in [6.07, 6.45) is -4.15. The Hall–Kier alpha value is -3.38. The highest BCUT2D eigenvalue weighted by molar-refractivity contribution is 5.91. The number of anilines is 2. The predicted molar refractivity (Wildman–Crippen MR) is 129 cm³/mol. The number of hydrogen-bond acceptors (Lipinski definition) is 6. The van der Waals surface area contributed by atoms with Crippen LogP contribution in [0.25, 0.3) is 11.1 Å². The van der Waals surface area contributed by atoms with E-state index in [9.17, 15) is 22.4 Å². The number of aliphatic hydroxyl groups excluding tert-OH is 1. The molecule has 8 nitrogen and oxygen atoms in total. The van der Waals surface area contributed by atoms with Gasteiger partial charge in [-0.05, 0) is 53.8 Å². The van der Waals surface area contributed by atoms with Crippen molar-refractivity contribution in [3.8, 4) is 17.0 Å². The van der Waals surface area contributed by atoms with E-state index in [1.165, 1.54) is 17.0 Å². The number of benzene rings is 1. The number of ether oxygens (including phenoxy) is 2. The summed E-state index contributed by atoms with van der Waals surface area (Å²) >= 11 is 0. The monoisotopic (exact) mass is 524 g/mol. The van der Waals surface area contributed by atoms with E-state index < -0.39 is 18.0 Å². The molecule has 200 valence electrons. The summed E-state index contributed by atoms with van der Waals surface area (Å²) in [5, 5.41) is 11.7. The summed E-state index contributed by atoms with van der Waals surface area (Å²) < 4.78 is 63.7. The Kier molecular flexibility index (Phi) is 8.18. The van der Waals surface area contributed by atoms with Crippen molar-refractivity contribution < 1.29 is 36.9 Å². The number of alkyl halides is 3. The van der Waals surface area contributed by atoms with E-state index in [0.29, 0.717) is 48.8 Å². The number of amides is 2. The number of morpholine rings is 1. The number of hydrogen-bond donors (Lipinski definition) is 2. The molecule has 12 heteroatoms. The fraction of sp³-hybridized carbons (Fsp3) is 0.440. The summed E-state index contributed by atoms with van der Waals surface area (Å²) in [6, 6.07) is 5.58. The maximum atomic E-state index is 14.8. The summed E-state index contributed by atoms with van der Waals surface area (Å²) in [7, 11) is 0. The smallest absolute Gasteiger partial charge is 0.409 e. The number of nitrogens with one attached hydrogen (secondary N) is 1. The van der Waals surface area contributed by atoms with Crippen molar-refractivity contribution in [1.29, 1.82) is 0 Å². The van der Waals surface area contributed by atoms with Crippen molar-refractivity contribution in [3.05, 3.63) is 47.3 Å². The number of nitrogens with zero attached hydrogens (tertiary/aromatic N) is 3. The Morgan fingerprint density at radius 3 is 2.68 bits per heavy atom. The van der Waals surface area contributed by atoms with Crippen molar-refractivity contribution in [2.45, 2.75) is 19.5 Å². The number of urea groups is 1. The van der Waals surface area contributed by atoms with Crippen LogP contribution in [-0.4, -0.2) is 79.8 Å². The molecule has 3 heterocycles. The van der Waals surface area contributed by atoms with E-state index in [1.807, 2.05) is 11.0 Å². The van der Waals surface area contributed by atoms with Gasteiger partial charge in [0.15, 0.2) is 0 Å². The molecule has 0 saturated carbocycles. The lowest BCUT2D eigenvalue weighted by Gasteiger charge is -2.28. The van der Waals surface area contributed by atoms with Crippen LogP contribution in [0.1, 0.15) is 12.0 Å². The van der Waals surface area contributed by atoms with Crippen LogP contribution in [0.3, 0.4) is 0 Å². The van der Waals surface area contributed by atoms with Crippen LogP contribution < -0.4 is 15.0 Å². The first-order valence-electron chi connectivity index (χ1n) is 11.8. The second kappa shape index (κ2) is 11.3. The van der Waals surface area contributed by atoms with Gasteiger partial charge in [0.2, 0.25) is 5.88 Å². The number of rotatable bonds is 6. The number of pyridine rings is 1. The lowest BCUT2D eigenvalue weighted by atomic mass is 10.00. The molecule has 0 radical (unpaired) electrons. The van der Waals surface area contributed by atoms with Crippen molar-refractivity contribution >= 4 is 17.5 Å². The molecule has 2 aromatic rings. The van der Waals surface area contributed by atoms with Crippen molar-refractivity contribution in [2.24, 2.45) is 0 Å². The highest BCUT2D eigenvalue weighted by Crippen LogP contribution is 2.34. The van der Waals surface area contributed by atoms with Crippen molar-refractivity contribution in [3.63, 3.8) is 0 Å². The zero-order chi connectivity index (χ0) is 26.6. The number of halogens is 4. The van der Waals surface area contributed by atoms with Crippen molar-refractivity contribution in [1.82, 2.24) is 9.88 Å². The molecule has 0 spiro atoms. The molecule has 2 N–H and O–H groups in total. The quantitative estimate of drug-likeness (QED) is 0.437. The van der Waals surface area contributed by atoms with Gasteiger partial charge in [-0.15, -0.1) is 0 Å². The van der Waals surface area contributed by atoms with E-state index >= 15 is 0 Å². The van der Waals surface area contributed by atoms with Gasteiger partial charge in [0.25, 0.3) is 0 Å². The average molecular weight is 525 g/mol. The van der Waals surface area contributed by atoms with E-state index in [4.69, 9.17) is 14.6 Å². The SMILES string of the molecule is Cc1cc(F)c(NC(=O)N2CC/C(=C\C(F)(F)F)C2)cc1-c1cc(OCCO)nc(N2CCOCC2)c1. The first-order valence-corrected chi connectivity index (χ1v) is 11.8. The second-order valence-electron chi connectivity index (χ2n) is 8.82. The fourth-order valence-electron chi connectivity index (χ4n) is 4.30. The lowest BCUT2D eigenvalue weighted by Crippen LogP contribution is -2.36. The number of allylic oxidation sites excluding steroid dienone is 1. The number of likely N-dealkylation sites (tertiary alicyclic amines) is 1. The van der Waals surface area contributed by atoms with E-state index in [0.717, 1.165) is 0 Å². The van der Waals surface area contributed by atoms with E-state index in [-0.39, 0.29) is 55.9 Å². The first-order chi connectivity index (χ1) is 17.6. The molecule has 2 aliphatic rings. The van der Waals surface area contributed by atoms with Gasteiger partial charge in [-0.1, -0.05) is 0 Å². The molecular formula is C25H28F4N4O4. The molecule has 0 aliphatic carbocycles. The molecular weight excluding hydrogens is 496 g/mol. The zero-order valence-electron chi connectivity index (χ0n) is 20.3. The minimum atomic E-state index is -4.45. The molecule has 2 fully saturated rings. The van der Waals surface area contributed by atoms with Gasteiger partial charge in [0.1, 0.15) is 18.2 Å². The van der Waals surface area contributed by atoms with Crippen molar-refractivity contribution in [2.75, 3.05) is 62.8 Å². The lowest BCUT2D eigenvalue weighted by molar-refractivity contribution is -0.0806. The normalized spacial score (nSPS) is 17.4. The van der Waals surface area contributed by atoms with Crippen LogP contribution in [-0.2, 0) is 4.74 Å². The summed E-state index contributed by atoms with van der Waals surface area (Å²) in [5.41, 5.74) is 1.87. The third kappa shape index (κ3) is 6.89. The highest BCUT2D eigenvalue weighted by Gasteiger charge is 2.29. The Labute approximate surface area is 211 Å². The summed E-state index contributed by atoms with van der Waals surface area (Å²) in [5.74, 6) is 0.242. The summed E-state index contributed by atoms with van der Waals surface area (Å²) in [4.78, 5) is 20.5. The maximum absolute atomic E-state index is 14.8. The van der Waals surface area contributed by atoms with Gasteiger partial charge < -0.3 is 29.7 Å². The Morgan fingerprint density at radius 2 is 1.97 bits per heavy atom. The number of carbonyl (C=O) groups is 1. The first kappa shape index (κ1) is 26.7. The topological polar surface area (TPSA) is 87.2 Å². The molecule has 2 amide bonds. The number of carbonyl (C=O) groups excluding carboxylic acids is 1. The maximum Gasteiger partial charge on any atom is 0.409 e. The highest BCUT2D eigenvalue weighted by atomic mass is 19.4. The number of aryl methyl sites for hydroxylation is 1. The van der Waals surface area contributed by atoms with Gasteiger partial charge in [0.05, 0.1) is 25.5 Å². The van der Waals surface area contributed by atoms with Crippen LogP contribution in [0, 0.1) is 12.7 Å². The van der Waals surface area contributed by atoms with E-state index in [1.54, 1.807) is 13.0 Å². The van der Waals surface area contributed by atoms with Gasteiger partial charge >= 0.3 is 12.2 Å². The molecule has 0 unspecified atom stereocenters. The van der Waals surface area contributed by atoms with E-state index in [2.05, 4.69) is 10.3 Å². The number of aromatic nitrogens is 1. The van der Waals surface area contributed by atoms with Crippen LogP contribution in [0.15, 0.2) is 35.9 Å². The van der Waals surface area contributed by atoms with Gasteiger partial charge in [0, 0.05) is 38.3 Å². The van der Waals surface area contributed by atoms with Gasteiger partial charge in [-0.25, -0.2) is 9.18 Å². The molecule has 1 aromatic carbocycles. The predicted octanol–water partition coefficient (Wildman–Crippen LogP) is 4.13. The largest absolute Gasteiger partial charge is 0.475 e. The molecule has 2 aliphatic heterocycles. The van der Waals surface area contributed by atoms with Crippen LogP contribution in [0.4, 0.5) is 33.9 Å². The molecule has 0 atom stereocenters. The second-order valence-corrected chi connectivity index (χ2v) is 8.82. The third-order valence-corrected chi connectivity index (χ3v) is 6.08. The van der Waals surface area contributed by atoms with Gasteiger partial charge in [-0.3, -0.25) is 0 Å². The third-order valence-electron chi connectivity index (χ3n) is 6.08. The Morgan fingerprint density at radius 1 is 1.22 bits per heavy atom. The van der Waals surface area contributed by atoms with Crippen LogP contribution in [0.2, 0.25) is 0 Å². The average Bonchev–Trinajstić information content (AvgIpc) is 3.31. The fourth-order valence-corrected chi connectivity index (χ4v) is 4.30. The molecule has 1 aromatic heterocycles. The molecule has 37 heavy (non-hydrogen) atoms. The summed E-state index contributed by atoms with van der Waals surface area (Å²) in [6.45, 7) is 3.84. The minimum absolute atomic E-state index is 0.0450. The van der Waals surface area contributed by atoms with Crippen LogP contribution in [0.5, 0.6) is 5.88 Å². The Balaban J connectivity index is 1.60.